The average Bonchev–Trinajstić information content (AvgIpc) is 2.64. The summed E-state index contributed by atoms with van der Waals surface area (Å²) in [5.41, 5.74) is 0. The third kappa shape index (κ3) is 3.84. The van der Waals surface area contributed by atoms with Gasteiger partial charge in [-0.15, -0.1) is 0 Å². The molecular weight excluding hydrogens is 513 g/mol. The molecule has 0 aliphatic rings. The van der Waals surface area contributed by atoms with E-state index in [9.17, 15) is 0 Å². The second-order valence-corrected chi connectivity index (χ2v) is 15.1. The maximum absolute atomic E-state index is 2.36. The van der Waals surface area contributed by atoms with Crippen LogP contribution < -0.4 is 9.81 Å². The zero-order valence-electron chi connectivity index (χ0n) is 13.3. The number of hydrogen-bond donors (Lipinski definition) is 0. The summed E-state index contributed by atoms with van der Waals surface area (Å²) < 4.78 is 4.72. The zero-order valence-corrected chi connectivity index (χ0v) is 18.4. The van der Waals surface area contributed by atoms with Gasteiger partial charge in [-0.25, -0.2) is 0 Å². The molecule has 0 aliphatic heterocycles. The molecule has 0 amide bonds. The summed E-state index contributed by atoms with van der Waals surface area (Å²) >= 11 is 1.47. The molecule has 0 bridgehead atoms. The van der Waals surface area contributed by atoms with Crippen LogP contribution in [0.2, 0.25) is 0 Å². The summed E-state index contributed by atoms with van der Waals surface area (Å²) in [7, 11) is 0. The molecule has 0 fully saturated rings. The standard InChI is InChI=1S/2C7H7S.C6H5.Bi/c2*1-8-7-5-3-2-4-6-7;1-2-4-6-5-3-1;/h2*2-5H,1H3;1-5H;. The van der Waals surface area contributed by atoms with Gasteiger partial charge in [-0.1, -0.05) is 0 Å². The van der Waals surface area contributed by atoms with E-state index in [-0.39, 0.29) is 0 Å². The van der Waals surface area contributed by atoms with Gasteiger partial charge >= 0.3 is 156 Å². The van der Waals surface area contributed by atoms with Gasteiger partial charge in [0.2, 0.25) is 0 Å². The Bertz CT molecular complexity index is 724. The van der Waals surface area contributed by atoms with E-state index < -0.39 is 21.8 Å². The van der Waals surface area contributed by atoms with Gasteiger partial charge in [0.15, 0.2) is 0 Å². The maximum atomic E-state index is 2.36. The second kappa shape index (κ2) is 8.37. The minimum absolute atomic E-state index is 1.44. The summed E-state index contributed by atoms with van der Waals surface area (Å²) in [6, 6.07) is 29.1. The number of thioether (sulfide) groups is 2. The Morgan fingerprint density at radius 2 is 1.00 bits per heavy atom. The number of hydrogen-bond acceptors (Lipinski definition) is 2. The Balaban J connectivity index is 2.23. The molecule has 0 N–H and O–H groups in total. The number of benzene rings is 3. The van der Waals surface area contributed by atoms with Crippen molar-refractivity contribution in [1.82, 2.24) is 0 Å². The molecule has 0 aromatic heterocycles. The summed E-state index contributed by atoms with van der Waals surface area (Å²) in [4.78, 5) is 2.87. The first-order valence-electron chi connectivity index (χ1n) is 7.46. The molecule has 0 nitrogen and oxygen atoms in total. The molecule has 0 saturated heterocycles. The van der Waals surface area contributed by atoms with Crippen molar-refractivity contribution in [2.45, 2.75) is 9.79 Å². The SMILES string of the molecule is CSc1cccc[c]1[Bi]([c]1ccccc1)[c]1ccccc1SC. The molecule has 3 rings (SSSR count). The van der Waals surface area contributed by atoms with Crippen LogP contribution in [0.4, 0.5) is 0 Å². The van der Waals surface area contributed by atoms with Crippen molar-refractivity contribution in [1.29, 1.82) is 0 Å². The van der Waals surface area contributed by atoms with E-state index in [2.05, 4.69) is 91.4 Å². The van der Waals surface area contributed by atoms with Gasteiger partial charge in [0.25, 0.3) is 0 Å². The minimum atomic E-state index is -2.27. The first-order valence-corrected chi connectivity index (χ1v) is 15.1. The van der Waals surface area contributed by atoms with Gasteiger partial charge in [-0.05, 0) is 0 Å². The quantitative estimate of drug-likeness (QED) is 0.364. The molecule has 0 atom stereocenters. The van der Waals surface area contributed by atoms with E-state index in [0.717, 1.165) is 0 Å². The van der Waals surface area contributed by atoms with E-state index in [0.29, 0.717) is 0 Å². The van der Waals surface area contributed by atoms with Crippen LogP contribution in [0.25, 0.3) is 0 Å². The molecule has 0 aliphatic carbocycles. The van der Waals surface area contributed by atoms with E-state index in [4.69, 9.17) is 0 Å². The summed E-state index contributed by atoms with van der Waals surface area (Å²) in [5.74, 6) is 0. The van der Waals surface area contributed by atoms with Crippen LogP contribution >= 0.6 is 23.5 Å². The predicted molar refractivity (Wildman–Crippen MR) is 108 cm³/mol. The van der Waals surface area contributed by atoms with Crippen molar-refractivity contribution < 1.29 is 0 Å². The Hall–Kier alpha value is -0.757. The molecule has 3 aromatic rings. The molecule has 0 saturated carbocycles. The first-order chi connectivity index (χ1) is 11.3. The van der Waals surface area contributed by atoms with Crippen molar-refractivity contribution in [3.05, 3.63) is 78.9 Å². The van der Waals surface area contributed by atoms with E-state index >= 15 is 0 Å². The normalized spacial score (nSPS) is 10.9. The van der Waals surface area contributed by atoms with E-state index in [1.165, 1.54) is 9.79 Å². The summed E-state index contributed by atoms with van der Waals surface area (Å²) in [6.45, 7) is 0. The molecule has 0 spiro atoms. The molecule has 0 heterocycles. The van der Waals surface area contributed by atoms with Crippen LogP contribution in [0.15, 0.2) is 88.7 Å². The molecule has 3 aromatic carbocycles. The van der Waals surface area contributed by atoms with Crippen molar-refractivity contribution in [3.8, 4) is 0 Å². The van der Waals surface area contributed by atoms with Crippen molar-refractivity contribution >= 4 is 55.1 Å². The van der Waals surface area contributed by atoms with Crippen molar-refractivity contribution in [2.75, 3.05) is 12.5 Å². The van der Waals surface area contributed by atoms with Crippen LogP contribution in [0, 0.1) is 0 Å². The zero-order chi connectivity index (χ0) is 16.1. The molecule has 116 valence electrons. The van der Waals surface area contributed by atoms with Crippen LogP contribution in [0.3, 0.4) is 0 Å². The summed E-state index contributed by atoms with van der Waals surface area (Å²) in [6.07, 6.45) is 4.37. The Kier molecular flexibility index (Phi) is 6.22. The van der Waals surface area contributed by atoms with Gasteiger partial charge in [-0.3, -0.25) is 0 Å². The first kappa shape index (κ1) is 17.1. The van der Waals surface area contributed by atoms with Crippen LogP contribution in [0.5, 0.6) is 0 Å². The monoisotopic (exact) mass is 532 g/mol. The Morgan fingerprint density at radius 3 is 1.48 bits per heavy atom. The molecule has 3 heteroatoms. The van der Waals surface area contributed by atoms with Gasteiger partial charge in [0.05, 0.1) is 0 Å². The van der Waals surface area contributed by atoms with Crippen LogP contribution in [-0.4, -0.2) is 34.3 Å². The van der Waals surface area contributed by atoms with Crippen LogP contribution in [0.1, 0.15) is 0 Å². The van der Waals surface area contributed by atoms with E-state index in [1.54, 1.807) is 9.81 Å². The molecule has 0 unspecified atom stereocenters. The number of rotatable bonds is 5. The summed E-state index contributed by atoms with van der Waals surface area (Å²) in [5, 5.41) is 0. The van der Waals surface area contributed by atoms with Gasteiger partial charge < -0.3 is 0 Å². The topological polar surface area (TPSA) is 0 Å². The predicted octanol–water partition coefficient (Wildman–Crippen LogP) is 3.65. The van der Waals surface area contributed by atoms with Gasteiger partial charge in [-0.2, -0.15) is 0 Å². The third-order valence-corrected chi connectivity index (χ3v) is 16.4. The van der Waals surface area contributed by atoms with Gasteiger partial charge in [0, 0.05) is 0 Å². The fourth-order valence-corrected chi connectivity index (χ4v) is 16.5. The molecule has 0 radical (unpaired) electrons. The molecular formula is C20H19BiS2. The average molecular weight is 532 g/mol. The third-order valence-electron chi connectivity index (χ3n) is 3.67. The van der Waals surface area contributed by atoms with Crippen LogP contribution in [-0.2, 0) is 0 Å². The fraction of sp³-hybridized carbons (Fsp3) is 0.100. The molecule has 23 heavy (non-hydrogen) atoms. The Labute approximate surface area is 155 Å². The van der Waals surface area contributed by atoms with Crippen molar-refractivity contribution in [3.63, 3.8) is 0 Å². The van der Waals surface area contributed by atoms with Crippen molar-refractivity contribution in [2.24, 2.45) is 0 Å². The second-order valence-electron chi connectivity index (χ2n) is 5.01. The fourth-order valence-electron chi connectivity index (χ4n) is 2.61. The van der Waals surface area contributed by atoms with Gasteiger partial charge in [0.1, 0.15) is 0 Å². The van der Waals surface area contributed by atoms with E-state index in [1.807, 2.05) is 23.5 Å². The Morgan fingerprint density at radius 1 is 0.565 bits per heavy atom.